The summed E-state index contributed by atoms with van der Waals surface area (Å²) in [6.07, 6.45) is 2.63. The van der Waals surface area contributed by atoms with E-state index >= 15 is 0 Å². The first kappa shape index (κ1) is 16.7. The van der Waals surface area contributed by atoms with E-state index in [1.54, 1.807) is 10.9 Å². The average molecular weight is 296 g/mol. The van der Waals surface area contributed by atoms with Crippen LogP contribution < -0.4 is 5.56 Å². The van der Waals surface area contributed by atoms with E-state index in [1.165, 1.54) is 0 Å². The van der Waals surface area contributed by atoms with Crippen molar-refractivity contribution in [1.82, 2.24) is 14.5 Å². The van der Waals surface area contributed by atoms with Gasteiger partial charge in [0.25, 0.3) is 5.56 Å². The largest absolute Gasteiger partial charge is 0.304 e. The van der Waals surface area contributed by atoms with Crippen LogP contribution in [0.1, 0.15) is 20.3 Å². The van der Waals surface area contributed by atoms with Crippen molar-refractivity contribution in [1.29, 1.82) is 0 Å². The summed E-state index contributed by atoms with van der Waals surface area (Å²) in [5, 5.41) is 0.702. The van der Waals surface area contributed by atoms with Crippen molar-refractivity contribution in [2.75, 3.05) is 19.6 Å². The predicted octanol–water partition coefficient (Wildman–Crippen LogP) is 2.55. The second-order valence-corrected chi connectivity index (χ2v) is 4.64. The lowest BCUT2D eigenvalue weighted by Gasteiger charge is -2.17. The molecule has 0 N–H and O–H groups in total. The molecular weight excluding hydrogens is 274 g/mol. The third-order valence-corrected chi connectivity index (χ3v) is 3.50. The van der Waals surface area contributed by atoms with Crippen LogP contribution in [0, 0.1) is 0 Å². The molecule has 0 aliphatic rings. The van der Waals surface area contributed by atoms with Gasteiger partial charge in [0.2, 0.25) is 0 Å². The van der Waals surface area contributed by atoms with Crippen molar-refractivity contribution >= 4 is 23.3 Å². The van der Waals surface area contributed by atoms with E-state index in [4.69, 9.17) is 0 Å². The molecule has 5 heteroatoms. The lowest BCUT2D eigenvalue weighted by Crippen LogP contribution is -2.27. The van der Waals surface area contributed by atoms with E-state index < -0.39 is 0 Å². The number of halogens is 1. The Morgan fingerprint density at radius 2 is 1.90 bits per heavy atom. The summed E-state index contributed by atoms with van der Waals surface area (Å²) < 4.78 is 1.71. The van der Waals surface area contributed by atoms with E-state index in [-0.39, 0.29) is 18.0 Å². The third kappa shape index (κ3) is 3.81. The number of aromatic nitrogens is 2. The number of benzene rings is 1. The lowest BCUT2D eigenvalue weighted by atomic mass is 10.2. The van der Waals surface area contributed by atoms with Gasteiger partial charge in [-0.2, -0.15) is 0 Å². The topological polar surface area (TPSA) is 38.1 Å². The van der Waals surface area contributed by atoms with Gasteiger partial charge < -0.3 is 4.90 Å². The molecule has 0 bridgehead atoms. The summed E-state index contributed by atoms with van der Waals surface area (Å²) in [5.41, 5.74) is 0.831. The molecule has 110 valence electrons. The molecule has 1 aromatic carbocycles. The third-order valence-electron chi connectivity index (χ3n) is 3.50. The van der Waals surface area contributed by atoms with Crippen LogP contribution in [0.4, 0.5) is 0 Å². The fourth-order valence-corrected chi connectivity index (χ4v) is 2.27. The van der Waals surface area contributed by atoms with Crippen molar-refractivity contribution in [3.8, 4) is 0 Å². The smallest absolute Gasteiger partial charge is 0.261 e. The van der Waals surface area contributed by atoms with E-state index in [9.17, 15) is 4.79 Å². The van der Waals surface area contributed by atoms with Gasteiger partial charge in [-0.1, -0.05) is 26.0 Å². The van der Waals surface area contributed by atoms with Gasteiger partial charge in [-0.25, -0.2) is 4.98 Å². The molecule has 0 aliphatic heterocycles. The number of nitrogens with zero attached hydrogens (tertiary/aromatic N) is 3. The summed E-state index contributed by atoms with van der Waals surface area (Å²) in [5.74, 6) is 0. The summed E-state index contributed by atoms with van der Waals surface area (Å²) >= 11 is 0. The molecule has 0 aliphatic carbocycles. The molecule has 0 saturated carbocycles. The van der Waals surface area contributed by atoms with Crippen molar-refractivity contribution in [3.05, 3.63) is 40.9 Å². The van der Waals surface area contributed by atoms with Crippen LogP contribution in [0.3, 0.4) is 0 Å². The zero-order valence-electron chi connectivity index (χ0n) is 12.1. The number of rotatable bonds is 6. The van der Waals surface area contributed by atoms with E-state index in [2.05, 4.69) is 23.7 Å². The van der Waals surface area contributed by atoms with Crippen molar-refractivity contribution in [3.63, 3.8) is 0 Å². The maximum absolute atomic E-state index is 12.3. The van der Waals surface area contributed by atoms with Crippen LogP contribution in [0.5, 0.6) is 0 Å². The van der Waals surface area contributed by atoms with E-state index in [0.29, 0.717) is 5.39 Å². The van der Waals surface area contributed by atoms with Gasteiger partial charge in [0.1, 0.15) is 0 Å². The Morgan fingerprint density at radius 3 is 2.60 bits per heavy atom. The minimum atomic E-state index is 0. The Kier molecular flexibility index (Phi) is 6.68. The highest BCUT2D eigenvalue weighted by Gasteiger charge is 2.04. The molecule has 0 amide bonds. The van der Waals surface area contributed by atoms with Gasteiger partial charge in [0.15, 0.2) is 0 Å². The highest BCUT2D eigenvalue weighted by molar-refractivity contribution is 5.85. The van der Waals surface area contributed by atoms with Gasteiger partial charge in [0, 0.05) is 6.54 Å². The predicted molar refractivity (Wildman–Crippen MR) is 85.7 cm³/mol. The highest BCUT2D eigenvalue weighted by Crippen LogP contribution is 2.04. The van der Waals surface area contributed by atoms with Crippen molar-refractivity contribution in [2.45, 2.75) is 26.8 Å². The van der Waals surface area contributed by atoms with E-state index in [1.807, 2.05) is 24.3 Å². The van der Waals surface area contributed by atoms with Gasteiger partial charge in [-0.05, 0) is 38.2 Å². The van der Waals surface area contributed by atoms with Gasteiger partial charge in [0.05, 0.1) is 17.2 Å². The fourth-order valence-electron chi connectivity index (χ4n) is 2.27. The van der Waals surface area contributed by atoms with Crippen LogP contribution in [-0.4, -0.2) is 34.1 Å². The average Bonchev–Trinajstić information content (AvgIpc) is 2.46. The molecule has 0 fully saturated rings. The molecule has 20 heavy (non-hydrogen) atoms. The molecule has 0 spiro atoms. The quantitative estimate of drug-likeness (QED) is 0.822. The molecule has 0 atom stereocenters. The van der Waals surface area contributed by atoms with Crippen LogP contribution in [0.2, 0.25) is 0 Å². The zero-order valence-corrected chi connectivity index (χ0v) is 12.9. The fraction of sp³-hybridized carbons (Fsp3) is 0.467. The van der Waals surface area contributed by atoms with Gasteiger partial charge >= 0.3 is 0 Å². The van der Waals surface area contributed by atoms with Crippen molar-refractivity contribution < 1.29 is 0 Å². The van der Waals surface area contributed by atoms with Crippen molar-refractivity contribution in [2.24, 2.45) is 0 Å². The zero-order chi connectivity index (χ0) is 13.7. The van der Waals surface area contributed by atoms with Crippen LogP contribution >= 0.6 is 12.4 Å². The monoisotopic (exact) mass is 295 g/mol. The molecule has 2 aromatic rings. The van der Waals surface area contributed by atoms with Crippen LogP contribution in [0.15, 0.2) is 35.4 Å². The van der Waals surface area contributed by atoms with Gasteiger partial charge in [-0.15, -0.1) is 12.4 Å². The first-order valence-electron chi connectivity index (χ1n) is 6.92. The Balaban J connectivity index is 0.00000200. The lowest BCUT2D eigenvalue weighted by molar-refractivity contribution is 0.292. The second-order valence-electron chi connectivity index (χ2n) is 4.64. The normalized spacial score (nSPS) is 10.8. The number of hydrogen-bond donors (Lipinski definition) is 0. The molecule has 4 nitrogen and oxygen atoms in total. The highest BCUT2D eigenvalue weighted by atomic mass is 35.5. The minimum Gasteiger partial charge on any atom is -0.304 e. The summed E-state index contributed by atoms with van der Waals surface area (Å²) in [6, 6.07) is 7.49. The molecule has 1 heterocycles. The number of para-hydroxylation sites is 1. The Morgan fingerprint density at radius 1 is 1.20 bits per heavy atom. The summed E-state index contributed by atoms with van der Waals surface area (Å²) in [7, 11) is 0. The first-order valence-corrected chi connectivity index (χ1v) is 6.92. The summed E-state index contributed by atoms with van der Waals surface area (Å²) in [6.45, 7) is 8.18. The summed E-state index contributed by atoms with van der Waals surface area (Å²) in [4.78, 5) is 18.9. The standard InChI is InChI=1S/C15H21N3O.ClH/c1-3-17(4-2)10-7-11-18-12-16-14-9-6-5-8-13(14)15(18)19;/h5-6,8-9,12H,3-4,7,10-11H2,1-2H3;1H. The second kappa shape index (κ2) is 8.02. The SMILES string of the molecule is CCN(CC)CCCn1cnc2ccccc2c1=O.Cl. The Labute approximate surface area is 125 Å². The first-order chi connectivity index (χ1) is 9.26. The molecule has 2 rings (SSSR count). The number of aryl methyl sites for hydroxylation is 1. The van der Waals surface area contributed by atoms with Gasteiger partial charge in [-0.3, -0.25) is 9.36 Å². The maximum atomic E-state index is 12.3. The Hall–Kier alpha value is -1.39. The molecular formula is C15H22ClN3O. The Bertz CT molecular complexity index is 593. The molecule has 1 aromatic heterocycles. The number of hydrogen-bond acceptors (Lipinski definition) is 3. The number of fused-ring (bicyclic) bond motifs is 1. The molecule has 0 unspecified atom stereocenters. The molecule has 0 saturated heterocycles. The van der Waals surface area contributed by atoms with Crippen LogP contribution in [-0.2, 0) is 6.54 Å². The maximum Gasteiger partial charge on any atom is 0.261 e. The van der Waals surface area contributed by atoms with Crippen LogP contribution in [0.25, 0.3) is 10.9 Å². The minimum absolute atomic E-state index is 0. The van der Waals surface area contributed by atoms with E-state index in [0.717, 1.165) is 38.1 Å². The molecule has 0 radical (unpaired) electrons.